The Bertz CT molecular complexity index is 646. The molecule has 2 N–H and O–H groups in total. The topological polar surface area (TPSA) is 32.3 Å². The molecule has 0 fully saturated rings. The van der Waals surface area contributed by atoms with Crippen molar-refractivity contribution < 1.29 is 9.50 Å². The second-order valence-corrected chi connectivity index (χ2v) is 6.46. The third kappa shape index (κ3) is 3.06. The van der Waals surface area contributed by atoms with Crippen molar-refractivity contribution in [2.24, 2.45) is 0 Å². The number of thioether (sulfide) groups is 1. The van der Waals surface area contributed by atoms with Gasteiger partial charge in [0.2, 0.25) is 0 Å². The number of phenols is 1. The second kappa shape index (κ2) is 6.08. The first-order chi connectivity index (χ1) is 10.1. The van der Waals surface area contributed by atoms with Gasteiger partial charge in [-0.1, -0.05) is 18.2 Å². The molecule has 2 aromatic rings. The molecular formula is C17H18FNOS. The Kier molecular flexibility index (Phi) is 4.17. The van der Waals surface area contributed by atoms with Crippen molar-refractivity contribution in [1.29, 1.82) is 0 Å². The minimum absolute atomic E-state index is 0.109. The molecular weight excluding hydrogens is 285 g/mol. The number of phenolic OH excluding ortho intramolecular Hbond substituents is 1. The van der Waals surface area contributed by atoms with Crippen LogP contribution in [0.1, 0.15) is 36.6 Å². The number of fused-ring (bicyclic) bond motifs is 1. The van der Waals surface area contributed by atoms with E-state index in [9.17, 15) is 9.50 Å². The van der Waals surface area contributed by atoms with Crippen LogP contribution < -0.4 is 5.32 Å². The van der Waals surface area contributed by atoms with Gasteiger partial charge in [-0.2, -0.15) is 0 Å². The number of hydrogen-bond donors (Lipinski definition) is 2. The molecule has 3 rings (SSSR count). The van der Waals surface area contributed by atoms with E-state index in [-0.39, 0.29) is 23.7 Å². The highest BCUT2D eigenvalue weighted by molar-refractivity contribution is 7.99. The van der Waals surface area contributed by atoms with Crippen molar-refractivity contribution in [2.75, 3.05) is 5.75 Å². The molecule has 2 aromatic carbocycles. The average molecular weight is 303 g/mol. The fourth-order valence-corrected chi connectivity index (χ4v) is 3.90. The number of nitrogens with one attached hydrogen (secondary N) is 1. The van der Waals surface area contributed by atoms with Gasteiger partial charge in [-0.3, -0.25) is 0 Å². The van der Waals surface area contributed by atoms with Gasteiger partial charge in [-0.15, -0.1) is 11.8 Å². The molecule has 2 unspecified atom stereocenters. The van der Waals surface area contributed by atoms with Gasteiger partial charge in [0.05, 0.1) is 0 Å². The van der Waals surface area contributed by atoms with Crippen LogP contribution in [0.15, 0.2) is 47.4 Å². The van der Waals surface area contributed by atoms with E-state index in [1.165, 1.54) is 28.7 Å². The maximum absolute atomic E-state index is 13.4. The van der Waals surface area contributed by atoms with E-state index in [2.05, 4.69) is 23.5 Å². The maximum Gasteiger partial charge on any atom is 0.123 e. The van der Waals surface area contributed by atoms with Gasteiger partial charge in [-0.25, -0.2) is 4.39 Å². The van der Waals surface area contributed by atoms with Crippen molar-refractivity contribution in [3.05, 3.63) is 59.4 Å². The highest BCUT2D eigenvalue weighted by Gasteiger charge is 2.23. The largest absolute Gasteiger partial charge is 0.508 e. The van der Waals surface area contributed by atoms with E-state index in [4.69, 9.17) is 0 Å². The molecule has 110 valence electrons. The lowest BCUT2D eigenvalue weighted by Gasteiger charge is -2.29. The smallest absolute Gasteiger partial charge is 0.123 e. The van der Waals surface area contributed by atoms with Crippen LogP contribution in [0, 0.1) is 5.82 Å². The quantitative estimate of drug-likeness (QED) is 0.880. The summed E-state index contributed by atoms with van der Waals surface area (Å²) >= 11 is 1.87. The van der Waals surface area contributed by atoms with E-state index >= 15 is 0 Å². The van der Waals surface area contributed by atoms with Gasteiger partial charge in [0, 0.05) is 22.5 Å². The van der Waals surface area contributed by atoms with Crippen molar-refractivity contribution in [2.45, 2.75) is 30.3 Å². The van der Waals surface area contributed by atoms with E-state index < -0.39 is 0 Å². The van der Waals surface area contributed by atoms with Crippen LogP contribution in [0.25, 0.3) is 0 Å². The monoisotopic (exact) mass is 303 g/mol. The van der Waals surface area contributed by atoms with Crippen LogP contribution >= 0.6 is 11.8 Å². The van der Waals surface area contributed by atoms with Gasteiger partial charge < -0.3 is 10.4 Å². The zero-order valence-electron chi connectivity index (χ0n) is 11.8. The SMILES string of the molecule is CC(NC1CCSc2ccccc21)c1cc(F)ccc1O. The van der Waals surface area contributed by atoms with E-state index in [1.807, 2.05) is 24.8 Å². The van der Waals surface area contributed by atoms with Crippen molar-refractivity contribution >= 4 is 11.8 Å². The zero-order valence-corrected chi connectivity index (χ0v) is 12.7. The Morgan fingerprint density at radius 2 is 2.10 bits per heavy atom. The fraction of sp³-hybridized carbons (Fsp3) is 0.294. The highest BCUT2D eigenvalue weighted by Crippen LogP contribution is 2.37. The first kappa shape index (κ1) is 14.4. The lowest BCUT2D eigenvalue weighted by atomic mass is 10.0. The van der Waals surface area contributed by atoms with Crippen LogP contribution in [0.4, 0.5) is 4.39 Å². The molecule has 0 radical (unpaired) electrons. The average Bonchev–Trinajstić information content (AvgIpc) is 2.50. The van der Waals surface area contributed by atoms with Gasteiger partial charge in [0.15, 0.2) is 0 Å². The first-order valence-electron chi connectivity index (χ1n) is 7.11. The van der Waals surface area contributed by atoms with Crippen molar-refractivity contribution in [3.8, 4) is 5.75 Å². The van der Waals surface area contributed by atoms with Gasteiger partial charge in [-0.05, 0) is 48.9 Å². The summed E-state index contributed by atoms with van der Waals surface area (Å²) in [5.41, 5.74) is 1.89. The molecule has 0 aliphatic carbocycles. The molecule has 2 atom stereocenters. The van der Waals surface area contributed by atoms with Crippen LogP contribution in [0.2, 0.25) is 0 Å². The molecule has 1 aliphatic heterocycles. The maximum atomic E-state index is 13.4. The molecule has 0 aromatic heterocycles. The molecule has 4 heteroatoms. The number of benzene rings is 2. The third-order valence-corrected chi connectivity index (χ3v) is 4.99. The first-order valence-corrected chi connectivity index (χ1v) is 8.10. The Morgan fingerprint density at radius 3 is 2.95 bits per heavy atom. The Morgan fingerprint density at radius 1 is 1.29 bits per heavy atom. The summed E-state index contributed by atoms with van der Waals surface area (Å²) in [7, 11) is 0. The summed E-state index contributed by atoms with van der Waals surface area (Å²) in [6, 6.07) is 12.6. The summed E-state index contributed by atoms with van der Waals surface area (Å²) in [5.74, 6) is 0.877. The van der Waals surface area contributed by atoms with Gasteiger partial charge >= 0.3 is 0 Å². The molecule has 0 saturated heterocycles. The Hall–Kier alpha value is -1.52. The van der Waals surface area contributed by atoms with Crippen LogP contribution in [0.3, 0.4) is 0 Å². The predicted octanol–water partition coefficient (Wildman–Crippen LogP) is 4.42. The fourth-order valence-electron chi connectivity index (χ4n) is 2.78. The number of halogens is 1. The van der Waals surface area contributed by atoms with Crippen LogP contribution in [0.5, 0.6) is 5.75 Å². The summed E-state index contributed by atoms with van der Waals surface area (Å²) in [4.78, 5) is 1.30. The molecule has 1 aliphatic rings. The second-order valence-electron chi connectivity index (χ2n) is 5.32. The lowest BCUT2D eigenvalue weighted by Crippen LogP contribution is -2.27. The van der Waals surface area contributed by atoms with E-state index in [0.717, 1.165) is 12.2 Å². The van der Waals surface area contributed by atoms with Gasteiger partial charge in [0.1, 0.15) is 11.6 Å². The standard InChI is InChI=1S/C17H18FNOS/c1-11(14-10-12(18)6-7-16(14)20)19-15-8-9-21-17-5-3-2-4-13(15)17/h2-7,10-11,15,19-20H,8-9H2,1H3. The summed E-state index contributed by atoms with van der Waals surface area (Å²) in [6.45, 7) is 1.96. The minimum Gasteiger partial charge on any atom is -0.508 e. The number of aromatic hydroxyl groups is 1. The third-order valence-electron chi connectivity index (χ3n) is 3.87. The number of hydrogen-bond acceptors (Lipinski definition) is 3. The molecule has 0 spiro atoms. The highest BCUT2D eigenvalue weighted by atomic mass is 32.2. The van der Waals surface area contributed by atoms with Crippen LogP contribution in [-0.4, -0.2) is 10.9 Å². The molecule has 0 saturated carbocycles. The summed E-state index contributed by atoms with van der Waals surface area (Å²) < 4.78 is 13.4. The van der Waals surface area contributed by atoms with Gasteiger partial charge in [0.25, 0.3) is 0 Å². The summed E-state index contributed by atoms with van der Waals surface area (Å²) in [5, 5.41) is 13.4. The van der Waals surface area contributed by atoms with Crippen molar-refractivity contribution in [3.63, 3.8) is 0 Å². The van der Waals surface area contributed by atoms with E-state index in [1.54, 1.807) is 0 Å². The molecule has 2 nitrogen and oxygen atoms in total. The molecule has 21 heavy (non-hydrogen) atoms. The Labute approximate surface area is 128 Å². The Balaban J connectivity index is 1.82. The molecule has 1 heterocycles. The van der Waals surface area contributed by atoms with E-state index in [0.29, 0.717) is 5.56 Å². The predicted molar refractivity (Wildman–Crippen MR) is 84.1 cm³/mol. The summed E-state index contributed by atoms with van der Waals surface area (Å²) in [6.07, 6.45) is 1.03. The molecule has 0 bridgehead atoms. The zero-order chi connectivity index (χ0) is 14.8. The van der Waals surface area contributed by atoms with Crippen LogP contribution in [-0.2, 0) is 0 Å². The minimum atomic E-state index is -0.323. The normalized spacial score (nSPS) is 19.0. The molecule has 0 amide bonds. The number of rotatable bonds is 3. The lowest BCUT2D eigenvalue weighted by molar-refractivity contribution is 0.418. The van der Waals surface area contributed by atoms with Crippen molar-refractivity contribution in [1.82, 2.24) is 5.32 Å².